The van der Waals surface area contributed by atoms with Crippen molar-refractivity contribution in [3.63, 3.8) is 0 Å². The number of aryl methyl sites for hydroxylation is 1. The van der Waals surface area contributed by atoms with Crippen LogP contribution in [0.3, 0.4) is 0 Å². The van der Waals surface area contributed by atoms with Crippen LogP contribution in [0.15, 0.2) is 42.5 Å². The van der Waals surface area contributed by atoms with Gasteiger partial charge in [-0.15, -0.1) is 0 Å². The highest BCUT2D eigenvalue weighted by molar-refractivity contribution is 5.96. The first-order valence-corrected chi connectivity index (χ1v) is 11.0. The number of ether oxygens (including phenoxy) is 1. The molecule has 7 heteroatoms. The van der Waals surface area contributed by atoms with Crippen LogP contribution in [0.5, 0.6) is 5.75 Å². The van der Waals surface area contributed by atoms with Gasteiger partial charge in [0.1, 0.15) is 5.75 Å². The van der Waals surface area contributed by atoms with Gasteiger partial charge in [-0.25, -0.2) is 0 Å². The molecular formula is C24H29N3O4. The molecule has 0 radical (unpaired) electrons. The third kappa shape index (κ3) is 5.05. The summed E-state index contributed by atoms with van der Waals surface area (Å²) in [5.41, 5.74) is 3.14. The number of rotatable bonds is 6. The zero-order valence-electron chi connectivity index (χ0n) is 18.0. The molecule has 164 valence electrons. The highest BCUT2D eigenvalue weighted by Crippen LogP contribution is 2.31. The molecule has 2 aliphatic heterocycles. The normalized spacial score (nSPS) is 17.3. The Morgan fingerprint density at radius 3 is 2.55 bits per heavy atom. The number of benzene rings is 2. The van der Waals surface area contributed by atoms with Crippen molar-refractivity contribution in [2.75, 3.05) is 38.2 Å². The third-order valence-electron chi connectivity index (χ3n) is 6.44. The average Bonchev–Trinajstić information content (AvgIpc) is 2.80. The summed E-state index contributed by atoms with van der Waals surface area (Å²) in [6.07, 6.45) is 4.84. The molecule has 1 fully saturated rings. The zero-order chi connectivity index (χ0) is 21.8. The molecule has 0 saturated carbocycles. The van der Waals surface area contributed by atoms with Crippen LogP contribution >= 0.6 is 0 Å². The van der Waals surface area contributed by atoms with Gasteiger partial charge in [-0.3, -0.25) is 19.8 Å². The first-order valence-electron chi connectivity index (χ1n) is 11.0. The summed E-state index contributed by atoms with van der Waals surface area (Å²) in [4.78, 5) is 27.7. The maximum atomic E-state index is 13.0. The molecule has 0 atom stereocenters. The average molecular weight is 424 g/mol. The number of likely N-dealkylation sites (tertiary alicyclic amines) is 1. The molecular weight excluding hydrogens is 394 g/mol. The molecule has 1 amide bonds. The second-order valence-electron chi connectivity index (χ2n) is 8.49. The van der Waals surface area contributed by atoms with Crippen LogP contribution in [0.25, 0.3) is 0 Å². The summed E-state index contributed by atoms with van der Waals surface area (Å²) >= 11 is 0. The number of carbonyl (C=O) groups excluding carboxylic acids is 1. The van der Waals surface area contributed by atoms with Crippen molar-refractivity contribution in [2.24, 2.45) is 5.92 Å². The SMILES string of the molecule is COc1ccc(CC2CCN(CC(=O)N3CCCc4cc([N+](=O)[O-])ccc43)CC2)cc1. The largest absolute Gasteiger partial charge is 0.497 e. The number of piperidine rings is 1. The molecule has 1 saturated heterocycles. The van der Waals surface area contributed by atoms with E-state index in [2.05, 4.69) is 17.0 Å². The van der Waals surface area contributed by atoms with Crippen molar-refractivity contribution < 1.29 is 14.5 Å². The minimum atomic E-state index is -0.378. The van der Waals surface area contributed by atoms with E-state index in [9.17, 15) is 14.9 Å². The lowest BCUT2D eigenvalue weighted by molar-refractivity contribution is -0.384. The van der Waals surface area contributed by atoms with Crippen molar-refractivity contribution in [1.82, 2.24) is 4.90 Å². The number of amides is 1. The number of anilines is 1. The molecule has 2 aromatic carbocycles. The first-order chi connectivity index (χ1) is 15.0. The lowest BCUT2D eigenvalue weighted by Gasteiger charge is -2.35. The van der Waals surface area contributed by atoms with Crippen molar-refractivity contribution in [3.8, 4) is 5.75 Å². The Morgan fingerprint density at radius 2 is 1.87 bits per heavy atom. The van der Waals surface area contributed by atoms with Gasteiger partial charge in [-0.1, -0.05) is 12.1 Å². The number of nitro groups is 1. The Hall–Kier alpha value is -2.93. The van der Waals surface area contributed by atoms with Gasteiger partial charge in [0, 0.05) is 24.4 Å². The lowest BCUT2D eigenvalue weighted by Crippen LogP contribution is -2.45. The van der Waals surface area contributed by atoms with E-state index in [-0.39, 0.29) is 16.5 Å². The van der Waals surface area contributed by atoms with E-state index >= 15 is 0 Å². The first kappa shape index (κ1) is 21.3. The number of hydrogen-bond acceptors (Lipinski definition) is 5. The molecule has 2 aromatic rings. The molecule has 0 bridgehead atoms. The van der Waals surface area contributed by atoms with Gasteiger partial charge in [0.25, 0.3) is 5.69 Å². The molecule has 0 spiro atoms. The van der Waals surface area contributed by atoms with Gasteiger partial charge >= 0.3 is 0 Å². The fourth-order valence-electron chi connectivity index (χ4n) is 4.68. The van der Waals surface area contributed by atoms with Crippen LogP contribution < -0.4 is 9.64 Å². The number of fused-ring (bicyclic) bond motifs is 1. The van der Waals surface area contributed by atoms with Gasteiger partial charge in [0.05, 0.1) is 18.6 Å². The van der Waals surface area contributed by atoms with Crippen LogP contribution in [0.4, 0.5) is 11.4 Å². The van der Waals surface area contributed by atoms with E-state index in [1.54, 1.807) is 19.2 Å². The van der Waals surface area contributed by atoms with E-state index < -0.39 is 0 Å². The summed E-state index contributed by atoms with van der Waals surface area (Å²) in [6, 6.07) is 13.1. The van der Waals surface area contributed by atoms with Crippen molar-refractivity contribution in [1.29, 1.82) is 0 Å². The fraction of sp³-hybridized carbons (Fsp3) is 0.458. The summed E-state index contributed by atoms with van der Waals surface area (Å²) in [7, 11) is 1.68. The van der Waals surface area contributed by atoms with Crippen LogP contribution in [-0.4, -0.2) is 49.0 Å². The predicted octanol–water partition coefficient (Wildman–Crippen LogP) is 3.84. The van der Waals surface area contributed by atoms with Gasteiger partial charge in [-0.2, -0.15) is 0 Å². The van der Waals surface area contributed by atoms with Crippen LogP contribution in [0.1, 0.15) is 30.4 Å². The highest BCUT2D eigenvalue weighted by atomic mass is 16.6. The highest BCUT2D eigenvalue weighted by Gasteiger charge is 2.27. The quantitative estimate of drug-likeness (QED) is 0.521. The van der Waals surface area contributed by atoms with E-state index in [1.807, 2.05) is 17.0 Å². The molecule has 0 aliphatic carbocycles. The topological polar surface area (TPSA) is 75.9 Å². The standard InChI is InChI=1S/C24H29N3O4/c1-31-22-7-4-18(5-8-22)15-19-10-13-25(14-11-19)17-24(28)26-12-2-3-20-16-21(27(29)30)6-9-23(20)26/h4-9,16,19H,2-3,10-15,17H2,1H3. The van der Waals surface area contributed by atoms with E-state index in [1.165, 1.54) is 11.6 Å². The Labute approximate surface area is 182 Å². The molecule has 7 nitrogen and oxygen atoms in total. The summed E-state index contributed by atoms with van der Waals surface area (Å²) in [5, 5.41) is 11.0. The fourth-order valence-corrected chi connectivity index (χ4v) is 4.68. The number of carbonyl (C=O) groups is 1. The van der Waals surface area contributed by atoms with Crippen LogP contribution in [0.2, 0.25) is 0 Å². The second kappa shape index (κ2) is 9.47. The third-order valence-corrected chi connectivity index (χ3v) is 6.44. The second-order valence-corrected chi connectivity index (χ2v) is 8.49. The van der Waals surface area contributed by atoms with Gasteiger partial charge in [0.2, 0.25) is 5.91 Å². The lowest BCUT2D eigenvalue weighted by atomic mass is 9.90. The number of methoxy groups -OCH3 is 1. The maximum absolute atomic E-state index is 13.0. The molecule has 31 heavy (non-hydrogen) atoms. The van der Waals surface area contributed by atoms with Crippen molar-refractivity contribution >= 4 is 17.3 Å². The molecule has 2 aliphatic rings. The van der Waals surface area contributed by atoms with Gasteiger partial charge in [0.15, 0.2) is 0 Å². The monoisotopic (exact) mass is 423 g/mol. The van der Waals surface area contributed by atoms with Crippen LogP contribution in [0, 0.1) is 16.0 Å². The van der Waals surface area contributed by atoms with Crippen molar-refractivity contribution in [2.45, 2.75) is 32.1 Å². The minimum Gasteiger partial charge on any atom is -0.497 e. The Balaban J connectivity index is 1.31. The van der Waals surface area contributed by atoms with E-state index in [0.717, 1.165) is 62.2 Å². The molecule has 0 unspecified atom stereocenters. The number of nitro benzene ring substituents is 1. The smallest absolute Gasteiger partial charge is 0.269 e. The number of non-ortho nitro benzene ring substituents is 1. The Kier molecular flexibility index (Phi) is 6.51. The molecule has 2 heterocycles. The van der Waals surface area contributed by atoms with Crippen LogP contribution in [-0.2, 0) is 17.6 Å². The van der Waals surface area contributed by atoms with E-state index in [4.69, 9.17) is 4.74 Å². The molecule has 0 aromatic heterocycles. The molecule has 0 N–H and O–H groups in total. The predicted molar refractivity (Wildman–Crippen MR) is 120 cm³/mol. The minimum absolute atomic E-state index is 0.0865. The zero-order valence-corrected chi connectivity index (χ0v) is 18.0. The summed E-state index contributed by atoms with van der Waals surface area (Å²) in [5.74, 6) is 1.60. The molecule has 4 rings (SSSR count). The summed E-state index contributed by atoms with van der Waals surface area (Å²) in [6.45, 7) is 2.93. The van der Waals surface area contributed by atoms with Crippen molar-refractivity contribution in [3.05, 3.63) is 63.7 Å². The maximum Gasteiger partial charge on any atom is 0.269 e. The number of nitrogens with zero attached hydrogens (tertiary/aromatic N) is 3. The van der Waals surface area contributed by atoms with Gasteiger partial charge < -0.3 is 9.64 Å². The Bertz CT molecular complexity index is 936. The number of hydrogen-bond donors (Lipinski definition) is 0. The Morgan fingerprint density at radius 1 is 1.13 bits per heavy atom. The van der Waals surface area contributed by atoms with Gasteiger partial charge in [-0.05, 0) is 80.4 Å². The summed E-state index contributed by atoms with van der Waals surface area (Å²) < 4.78 is 5.23. The van der Waals surface area contributed by atoms with E-state index in [0.29, 0.717) is 19.0 Å².